The highest BCUT2D eigenvalue weighted by Gasteiger charge is 2.23. The number of allylic oxidation sites excluding steroid dienone is 1. The summed E-state index contributed by atoms with van der Waals surface area (Å²) < 4.78 is 25.3. The Kier molecular flexibility index (Phi) is 3.95. The second kappa shape index (κ2) is 5.86. The first-order valence-electron chi connectivity index (χ1n) is 7.45. The van der Waals surface area contributed by atoms with E-state index in [0.717, 1.165) is 5.92 Å². The molecule has 0 heterocycles. The average molecular weight is 276 g/mol. The molecular weight excluding hydrogens is 255 g/mol. The van der Waals surface area contributed by atoms with Crippen molar-refractivity contribution in [3.63, 3.8) is 0 Å². The van der Waals surface area contributed by atoms with Gasteiger partial charge in [-0.3, -0.25) is 0 Å². The third-order valence-electron chi connectivity index (χ3n) is 3.84. The first kappa shape index (κ1) is 13.5. The van der Waals surface area contributed by atoms with Crippen molar-refractivity contribution < 1.29 is 13.9 Å². The van der Waals surface area contributed by atoms with E-state index in [0.29, 0.717) is 36.2 Å². The van der Waals surface area contributed by atoms with Crippen LogP contribution >= 0.6 is 0 Å². The Morgan fingerprint density at radius 1 is 1.15 bits per heavy atom. The number of ether oxygens (including phenoxy) is 2. The minimum atomic E-state index is -0.297. The zero-order valence-corrected chi connectivity index (χ0v) is 11.9. The third-order valence-corrected chi connectivity index (χ3v) is 3.84. The first-order valence-corrected chi connectivity index (χ1v) is 7.45. The summed E-state index contributed by atoms with van der Waals surface area (Å²) in [5.41, 5.74) is 0.526. The van der Waals surface area contributed by atoms with Gasteiger partial charge < -0.3 is 9.47 Å². The highest BCUT2D eigenvalue weighted by Crippen LogP contribution is 2.33. The van der Waals surface area contributed by atoms with E-state index in [2.05, 4.69) is 6.08 Å². The Hall–Kier alpha value is -1.51. The topological polar surface area (TPSA) is 18.5 Å². The number of benzene rings is 1. The van der Waals surface area contributed by atoms with Gasteiger partial charge in [-0.2, -0.15) is 0 Å². The molecule has 0 unspecified atom stereocenters. The summed E-state index contributed by atoms with van der Waals surface area (Å²) in [7, 11) is 0. The number of hydrogen-bond donors (Lipinski definition) is 0. The smallest absolute Gasteiger partial charge is 0.171 e. The quantitative estimate of drug-likeness (QED) is 0.692. The number of hydrogen-bond acceptors (Lipinski definition) is 2. The molecule has 0 amide bonds. The van der Waals surface area contributed by atoms with Gasteiger partial charge in [-0.25, -0.2) is 4.39 Å². The van der Waals surface area contributed by atoms with Gasteiger partial charge in [-0.05, 0) is 56.6 Å². The van der Waals surface area contributed by atoms with Gasteiger partial charge in [-0.15, -0.1) is 0 Å². The average Bonchev–Trinajstić information content (AvgIpc) is 3.32. The van der Waals surface area contributed by atoms with Gasteiger partial charge in [-0.1, -0.05) is 12.2 Å². The molecule has 108 valence electrons. The molecule has 2 aliphatic rings. The molecule has 2 nitrogen and oxygen atoms in total. The minimum Gasteiger partial charge on any atom is -0.490 e. The summed E-state index contributed by atoms with van der Waals surface area (Å²) in [6.07, 6.45) is 9.18. The van der Waals surface area contributed by atoms with Crippen molar-refractivity contribution in [1.29, 1.82) is 0 Å². The summed E-state index contributed by atoms with van der Waals surface area (Å²) in [5, 5.41) is 0. The summed E-state index contributed by atoms with van der Waals surface area (Å²) in [6.45, 7) is 2.86. The Bertz CT molecular complexity index is 502. The summed E-state index contributed by atoms with van der Waals surface area (Å²) >= 11 is 0. The normalized spacial score (nSPS) is 18.5. The third kappa shape index (κ3) is 3.53. The van der Waals surface area contributed by atoms with Crippen molar-refractivity contribution in [1.82, 2.24) is 0 Å². The fourth-order valence-corrected chi connectivity index (χ4v) is 2.08. The van der Waals surface area contributed by atoms with Gasteiger partial charge in [0.1, 0.15) is 12.4 Å². The maximum absolute atomic E-state index is 14.2. The fraction of sp³-hybridized carbons (Fsp3) is 0.529. The van der Waals surface area contributed by atoms with Crippen LogP contribution in [0.2, 0.25) is 0 Å². The van der Waals surface area contributed by atoms with E-state index in [1.54, 1.807) is 19.1 Å². The van der Waals surface area contributed by atoms with Gasteiger partial charge in [0.05, 0.1) is 6.61 Å². The van der Waals surface area contributed by atoms with Crippen LogP contribution in [0.3, 0.4) is 0 Å². The lowest BCUT2D eigenvalue weighted by Gasteiger charge is -2.12. The van der Waals surface area contributed by atoms with E-state index in [4.69, 9.17) is 9.47 Å². The van der Waals surface area contributed by atoms with Crippen molar-refractivity contribution in [3.05, 3.63) is 35.7 Å². The van der Waals surface area contributed by atoms with E-state index in [1.165, 1.54) is 25.7 Å². The molecule has 0 N–H and O–H groups in total. The maximum atomic E-state index is 14.2. The van der Waals surface area contributed by atoms with E-state index in [-0.39, 0.29) is 5.82 Å². The van der Waals surface area contributed by atoms with E-state index in [9.17, 15) is 4.39 Å². The second-order valence-corrected chi connectivity index (χ2v) is 5.83. The van der Waals surface area contributed by atoms with Crippen molar-refractivity contribution in [2.75, 3.05) is 13.2 Å². The van der Waals surface area contributed by atoms with Crippen LogP contribution in [-0.2, 0) is 0 Å². The molecule has 0 atom stereocenters. The van der Waals surface area contributed by atoms with E-state index in [1.807, 2.05) is 6.08 Å². The molecule has 0 saturated heterocycles. The van der Waals surface area contributed by atoms with Crippen LogP contribution < -0.4 is 9.47 Å². The van der Waals surface area contributed by atoms with Crippen LogP contribution in [0.25, 0.3) is 0 Å². The van der Waals surface area contributed by atoms with Gasteiger partial charge >= 0.3 is 0 Å². The zero-order chi connectivity index (χ0) is 13.9. The predicted molar refractivity (Wildman–Crippen MR) is 76.7 cm³/mol. The first-order chi connectivity index (χ1) is 9.74. The van der Waals surface area contributed by atoms with Crippen LogP contribution in [-0.4, -0.2) is 13.2 Å². The van der Waals surface area contributed by atoms with E-state index >= 15 is 0 Å². The van der Waals surface area contributed by atoms with Crippen molar-refractivity contribution in [2.45, 2.75) is 32.6 Å². The molecule has 20 heavy (non-hydrogen) atoms. The van der Waals surface area contributed by atoms with Crippen LogP contribution in [0.4, 0.5) is 4.39 Å². The highest BCUT2D eigenvalue weighted by atomic mass is 19.1. The zero-order valence-electron chi connectivity index (χ0n) is 11.9. The minimum absolute atomic E-state index is 0.297. The molecule has 0 bridgehead atoms. The van der Waals surface area contributed by atoms with Crippen molar-refractivity contribution in [2.24, 2.45) is 11.8 Å². The van der Waals surface area contributed by atoms with Gasteiger partial charge in [0.25, 0.3) is 0 Å². The fourth-order valence-electron chi connectivity index (χ4n) is 2.08. The van der Waals surface area contributed by atoms with Gasteiger partial charge in [0.2, 0.25) is 0 Å². The molecule has 3 rings (SSSR count). The molecule has 0 spiro atoms. The molecule has 2 aliphatic carbocycles. The standard InChI is InChI=1S/C17H21FO2/c1-12-15(19-10-2-3-13-4-5-13)8-9-16(17(12)18)20-11-14-6-7-14/h2-3,8-9,13-14H,4-7,10-11H2,1H3/b3-2+. The molecule has 3 heteroatoms. The Labute approximate surface area is 119 Å². The summed E-state index contributed by atoms with van der Waals surface area (Å²) in [4.78, 5) is 0. The van der Waals surface area contributed by atoms with Crippen LogP contribution in [0.5, 0.6) is 11.5 Å². The lowest BCUT2D eigenvalue weighted by Crippen LogP contribution is -2.03. The predicted octanol–water partition coefficient (Wildman–Crippen LogP) is 4.27. The lowest BCUT2D eigenvalue weighted by molar-refractivity contribution is 0.282. The molecule has 0 radical (unpaired) electrons. The van der Waals surface area contributed by atoms with Crippen LogP contribution in [0.1, 0.15) is 31.2 Å². The maximum Gasteiger partial charge on any atom is 0.171 e. The second-order valence-electron chi connectivity index (χ2n) is 5.83. The molecule has 2 fully saturated rings. The van der Waals surface area contributed by atoms with Gasteiger partial charge in [0, 0.05) is 5.56 Å². The molecular formula is C17H21FO2. The molecule has 0 aromatic heterocycles. The van der Waals surface area contributed by atoms with Crippen LogP contribution in [0, 0.1) is 24.6 Å². The van der Waals surface area contributed by atoms with E-state index < -0.39 is 0 Å². The highest BCUT2D eigenvalue weighted by molar-refractivity contribution is 5.41. The lowest BCUT2D eigenvalue weighted by atomic mass is 10.2. The molecule has 1 aromatic carbocycles. The Morgan fingerprint density at radius 2 is 1.90 bits per heavy atom. The largest absolute Gasteiger partial charge is 0.490 e. The molecule has 2 saturated carbocycles. The number of halogens is 1. The molecule has 0 aliphatic heterocycles. The summed E-state index contributed by atoms with van der Waals surface area (Å²) in [5.74, 6) is 2.01. The monoisotopic (exact) mass is 276 g/mol. The van der Waals surface area contributed by atoms with Crippen LogP contribution in [0.15, 0.2) is 24.3 Å². The molecule has 1 aromatic rings. The van der Waals surface area contributed by atoms with Crippen molar-refractivity contribution >= 4 is 0 Å². The van der Waals surface area contributed by atoms with Crippen molar-refractivity contribution in [3.8, 4) is 11.5 Å². The number of rotatable bonds is 7. The Morgan fingerprint density at radius 3 is 2.60 bits per heavy atom. The summed E-state index contributed by atoms with van der Waals surface area (Å²) in [6, 6.07) is 3.47. The SMILES string of the molecule is Cc1c(OC/C=C/C2CC2)ccc(OCC2CC2)c1F. The Balaban J connectivity index is 1.57. The van der Waals surface area contributed by atoms with Gasteiger partial charge in [0.15, 0.2) is 11.6 Å².